The van der Waals surface area contributed by atoms with Gasteiger partial charge in [0.15, 0.2) is 0 Å². The Hall–Kier alpha value is -2.75. The molecule has 1 heterocycles. The van der Waals surface area contributed by atoms with Crippen LogP contribution in [-0.4, -0.2) is 33.7 Å². The van der Waals surface area contributed by atoms with E-state index in [0.717, 1.165) is 17.0 Å². The first-order valence-electron chi connectivity index (χ1n) is 7.35. The van der Waals surface area contributed by atoms with Crippen LogP contribution in [0.5, 0.6) is 11.5 Å². The summed E-state index contributed by atoms with van der Waals surface area (Å²) in [7, 11) is 1.58. The Bertz CT molecular complexity index is 851. The minimum absolute atomic E-state index is 0.255. The lowest BCUT2D eigenvalue weighted by Crippen LogP contribution is -2.16. The van der Waals surface area contributed by atoms with Gasteiger partial charge in [0.2, 0.25) is 5.16 Å². The summed E-state index contributed by atoms with van der Waals surface area (Å²) in [4.78, 5) is 0. The van der Waals surface area contributed by atoms with Crippen molar-refractivity contribution < 1.29 is 22.6 Å². The largest absolute Gasteiger partial charge is 0.573 e. The average Bonchev–Trinajstić information content (AvgIpc) is 3.08. The Labute approximate surface area is 150 Å². The molecule has 0 saturated carbocycles. The van der Waals surface area contributed by atoms with Gasteiger partial charge in [-0.15, -0.1) is 18.3 Å². The number of hydrogen-bond donors (Lipinski definition) is 0. The number of methoxy groups -OCH3 is 1. The Balaban J connectivity index is 1.66. The van der Waals surface area contributed by atoms with Crippen LogP contribution >= 0.6 is 11.8 Å². The van der Waals surface area contributed by atoms with Crippen LogP contribution in [0.4, 0.5) is 13.2 Å². The molecule has 136 valence electrons. The summed E-state index contributed by atoms with van der Waals surface area (Å²) < 4.78 is 47.0. The van der Waals surface area contributed by atoms with Crippen LogP contribution in [-0.2, 0) is 5.75 Å². The van der Waals surface area contributed by atoms with Crippen molar-refractivity contribution in [3.63, 3.8) is 0 Å². The van der Waals surface area contributed by atoms with Crippen molar-refractivity contribution in [1.82, 2.24) is 20.2 Å². The number of benzene rings is 2. The Morgan fingerprint density at radius 3 is 2.27 bits per heavy atom. The minimum Gasteiger partial charge on any atom is -0.497 e. The van der Waals surface area contributed by atoms with Gasteiger partial charge in [0.05, 0.1) is 12.8 Å². The van der Waals surface area contributed by atoms with Gasteiger partial charge >= 0.3 is 6.36 Å². The SMILES string of the molecule is COc1ccc(-n2nnnc2SCc2ccc(OC(F)(F)F)cc2)cc1. The van der Waals surface area contributed by atoms with E-state index in [2.05, 4.69) is 20.3 Å². The predicted octanol–water partition coefficient (Wildman–Crippen LogP) is 3.86. The van der Waals surface area contributed by atoms with Crippen molar-refractivity contribution in [3.8, 4) is 17.2 Å². The molecular formula is C16H13F3N4O2S. The molecule has 1 aromatic heterocycles. The Kier molecular flexibility index (Phi) is 5.31. The van der Waals surface area contributed by atoms with Gasteiger partial charge < -0.3 is 9.47 Å². The molecule has 0 aliphatic rings. The molecular weight excluding hydrogens is 369 g/mol. The van der Waals surface area contributed by atoms with E-state index >= 15 is 0 Å². The van der Waals surface area contributed by atoms with E-state index < -0.39 is 6.36 Å². The molecule has 0 unspecified atom stereocenters. The molecule has 0 N–H and O–H groups in total. The van der Waals surface area contributed by atoms with E-state index in [0.29, 0.717) is 10.9 Å². The molecule has 10 heteroatoms. The summed E-state index contributed by atoms with van der Waals surface area (Å²) in [5.74, 6) is 0.953. The second-order valence-corrected chi connectivity index (χ2v) is 5.99. The fourth-order valence-electron chi connectivity index (χ4n) is 2.09. The lowest BCUT2D eigenvalue weighted by molar-refractivity contribution is -0.274. The van der Waals surface area contributed by atoms with Crippen LogP contribution in [0.3, 0.4) is 0 Å². The number of nitrogens with zero attached hydrogens (tertiary/aromatic N) is 4. The van der Waals surface area contributed by atoms with E-state index in [1.54, 1.807) is 36.1 Å². The molecule has 0 aliphatic heterocycles. The zero-order valence-electron chi connectivity index (χ0n) is 13.5. The second-order valence-electron chi connectivity index (χ2n) is 5.05. The molecule has 0 atom stereocenters. The third-order valence-electron chi connectivity index (χ3n) is 3.28. The minimum atomic E-state index is -4.70. The number of alkyl halides is 3. The highest BCUT2D eigenvalue weighted by molar-refractivity contribution is 7.98. The van der Waals surface area contributed by atoms with Crippen molar-refractivity contribution in [1.29, 1.82) is 0 Å². The van der Waals surface area contributed by atoms with Crippen LogP contribution in [0, 0.1) is 0 Å². The van der Waals surface area contributed by atoms with E-state index in [1.165, 1.54) is 23.9 Å². The van der Waals surface area contributed by atoms with Crippen molar-refractivity contribution in [2.75, 3.05) is 7.11 Å². The van der Waals surface area contributed by atoms with Crippen LogP contribution in [0.1, 0.15) is 5.56 Å². The van der Waals surface area contributed by atoms with Gasteiger partial charge in [0.25, 0.3) is 0 Å². The molecule has 0 spiro atoms. The lowest BCUT2D eigenvalue weighted by Gasteiger charge is -2.09. The third kappa shape index (κ3) is 4.66. The molecule has 0 amide bonds. The van der Waals surface area contributed by atoms with Crippen LogP contribution in [0.2, 0.25) is 0 Å². The fourth-order valence-corrected chi connectivity index (χ4v) is 2.94. The first-order valence-corrected chi connectivity index (χ1v) is 8.33. The molecule has 0 aliphatic carbocycles. The number of rotatable bonds is 6. The zero-order chi connectivity index (χ0) is 18.6. The standard InChI is InChI=1S/C16H13F3N4O2S/c1-24-13-8-4-12(5-9-13)23-15(20-21-22-23)26-10-11-2-6-14(7-3-11)25-16(17,18)19/h2-9H,10H2,1H3. The summed E-state index contributed by atoms with van der Waals surface area (Å²) >= 11 is 1.36. The van der Waals surface area contributed by atoms with Gasteiger partial charge in [-0.05, 0) is 52.4 Å². The van der Waals surface area contributed by atoms with Gasteiger partial charge in [-0.25, -0.2) is 0 Å². The number of thioether (sulfide) groups is 1. The summed E-state index contributed by atoms with van der Waals surface area (Å²) in [6, 6.07) is 12.9. The zero-order valence-corrected chi connectivity index (χ0v) is 14.3. The first-order chi connectivity index (χ1) is 12.4. The topological polar surface area (TPSA) is 62.1 Å². The fraction of sp³-hybridized carbons (Fsp3) is 0.188. The van der Waals surface area contributed by atoms with Gasteiger partial charge in [0, 0.05) is 5.75 Å². The van der Waals surface area contributed by atoms with Crippen molar-refractivity contribution in [3.05, 3.63) is 54.1 Å². The van der Waals surface area contributed by atoms with Crippen LogP contribution in [0.15, 0.2) is 53.7 Å². The second kappa shape index (κ2) is 7.65. The highest BCUT2D eigenvalue weighted by Gasteiger charge is 2.30. The van der Waals surface area contributed by atoms with Gasteiger partial charge in [-0.1, -0.05) is 23.9 Å². The summed E-state index contributed by atoms with van der Waals surface area (Å²) in [6.07, 6.45) is -4.70. The average molecular weight is 382 g/mol. The molecule has 3 rings (SSSR count). The maximum absolute atomic E-state index is 12.2. The number of halogens is 3. The van der Waals surface area contributed by atoms with Crippen LogP contribution < -0.4 is 9.47 Å². The normalized spacial score (nSPS) is 11.4. The Morgan fingerprint density at radius 2 is 1.65 bits per heavy atom. The molecule has 6 nitrogen and oxygen atoms in total. The number of ether oxygens (including phenoxy) is 2. The van der Waals surface area contributed by atoms with Gasteiger partial charge in [0.1, 0.15) is 11.5 Å². The summed E-state index contributed by atoms with van der Waals surface area (Å²) in [6.45, 7) is 0. The van der Waals surface area contributed by atoms with Crippen LogP contribution in [0.25, 0.3) is 5.69 Å². The van der Waals surface area contributed by atoms with Crippen molar-refractivity contribution >= 4 is 11.8 Å². The third-order valence-corrected chi connectivity index (χ3v) is 4.27. The molecule has 26 heavy (non-hydrogen) atoms. The first kappa shape index (κ1) is 18.1. The molecule has 0 radical (unpaired) electrons. The maximum Gasteiger partial charge on any atom is 0.573 e. The van der Waals surface area contributed by atoms with Crippen molar-refractivity contribution in [2.45, 2.75) is 17.3 Å². The molecule has 0 bridgehead atoms. The molecule has 3 aromatic rings. The van der Waals surface area contributed by atoms with Crippen molar-refractivity contribution in [2.24, 2.45) is 0 Å². The highest BCUT2D eigenvalue weighted by Crippen LogP contribution is 2.26. The summed E-state index contributed by atoms with van der Waals surface area (Å²) in [5.41, 5.74) is 1.58. The van der Waals surface area contributed by atoms with E-state index in [9.17, 15) is 13.2 Å². The maximum atomic E-state index is 12.2. The molecule has 0 fully saturated rings. The highest BCUT2D eigenvalue weighted by atomic mass is 32.2. The number of hydrogen-bond acceptors (Lipinski definition) is 6. The quantitative estimate of drug-likeness (QED) is 0.604. The van der Waals surface area contributed by atoms with Gasteiger partial charge in [-0.2, -0.15) is 4.68 Å². The van der Waals surface area contributed by atoms with E-state index in [-0.39, 0.29) is 5.75 Å². The Morgan fingerprint density at radius 1 is 1.00 bits per heavy atom. The molecule has 2 aromatic carbocycles. The van der Waals surface area contributed by atoms with E-state index in [1.807, 2.05) is 12.1 Å². The van der Waals surface area contributed by atoms with Gasteiger partial charge in [-0.3, -0.25) is 0 Å². The number of aromatic nitrogens is 4. The van der Waals surface area contributed by atoms with E-state index in [4.69, 9.17) is 4.74 Å². The smallest absolute Gasteiger partial charge is 0.497 e. The monoisotopic (exact) mass is 382 g/mol. The lowest BCUT2D eigenvalue weighted by atomic mass is 10.2. The number of tetrazole rings is 1. The summed E-state index contributed by atoms with van der Waals surface area (Å²) in [5, 5.41) is 12.2. The molecule has 0 saturated heterocycles. The predicted molar refractivity (Wildman–Crippen MR) is 88.4 cm³/mol.